The Labute approximate surface area is 181 Å². The molecule has 0 heterocycles. The summed E-state index contributed by atoms with van der Waals surface area (Å²) in [5.74, 6) is -1.54. The topological polar surface area (TPSA) is 67.4 Å². The van der Waals surface area contributed by atoms with Crippen molar-refractivity contribution in [3.05, 3.63) is 57.0 Å². The lowest BCUT2D eigenvalue weighted by Crippen LogP contribution is -2.47. The predicted octanol–water partition coefficient (Wildman–Crippen LogP) is 5.64. The summed E-state index contributed by atoms with van der Waals surface area (Å²) < 4.78 is 28.9. The van der Waals surface area contributed by atoms with Crippen molar-refractivity contribution >= 4 is 52.3 Å². The van der Waals surface area contributed by atoms with Crippen molar-refractivity contribution in [2.45, 2.75) is 26.5 Å². The van der Waals surface area contributed by atoms with Crippen LogP contribution in [0.4, 0.5) is 14.5 Å². The molecule has 0 aliphatic carbocycles. The minimum Gasteiger partial charge on any atom is -0.433 e. The fraction of sp³-hybridized carbons (Fsp3) is 0.263. The Morgan fingerprint density at radius 1 is 1.00 bits per heavy atom. The highest BCUT2D eigenvalue weighted by molar-refractivity contribution is 6.36. The number of nitrogens with one attached hydrogen (secondary N) is 2. The zero-order chi connectivity index (χ0) is 21.7. The minimum atomic E-state index is -3.02. The Bertz CT molecular complexity index is 910. The van der Waals surface area contributed by atoms with Gasteiger partial charge in [0.15, 0.2) is 0 Å². The number of hydrogen-bond acceptors (Lipinski definition) is 3. The average Bonchev–Trinajstić information content (AvgIpc) is 2.61. The van der Waals surface area contributed by atoms with Crippen LogP contribution in [0.3, 0.4) is 0 Å². The summed E-state index contributed by atoms with van der Waals surface area (Å²) in [5.41, 5.74) is 0.428. The molecule has 10 heteroatoms. The number of halogens is 5. The second kappa shape index (κ2) is 10.1. The zero-order valence-electron chi connectivity index (χ0n) is 15.3. The third-order valence-electron chi connectivity index (χ3n) is 3.83. The van der Waals surface area contributed by atoms with Crippen molar-refractivity contribution in [1.29, 1.82) is 0 Å². The Balaban J connectivity index is 2.13. The Kier molecular flexibility index (Phi) is 8.07. The molecular formula is C19H17Cl3F2N2O3. The molecule has 2 N–H and O–H groups in total. The normalized spacial score (nSPS) is 12.0. The SMILES string of the molecule is CC(C)[C@@H](NC(=O)c1ccc(Cl)cc1Cl)C(=O)Nc1ccc(OC(F)F)c(Cl)c1. The van der Waals surface area contributed by atoms with Crippen molar-refractivity contribution in [2.75, 3.05) is 5.32 Å². The predicted molar refractivity (Wildman–Crippen MR) is 109 cm³/mol. The van der Waals surface area contributed by atoms with E-state index in [-0.39, 0.29) is 33.0 Å². The van der Waals surface area contributed by atoms with Crippen LogP contribution >= 0.6 is 34.8 Å². The van der Waals surface area contributed by atoms with E-state index in [4.69, 9.17) is 34.8 Å². The first-order valence-corrected chi connectivity index (χ1v) is 9.53. The summed E-state index contributed by atoms with van der Waals surface area (Å²) in [5, 5.41) is 5.65. The Morgan fingerprint density at radius 2 is 1.69 bits per heavy atom. The van der Waals surface area contributed by atoms with Gasteiger partial charge in [0.05, 0.1) is 15.6 Å². The van der Waals surface area contributed by atoms with Crippen LogP contribution in [-0.2, 0) is 4.79 Å². The Morgan fingerprint density at radius 3 is 2.24 bits per heavy atom. The standard InChI is InChI=1S/C19H17Cl3F2N2O3/c1-9(2)16(26-17(27)12-5-3-10(20)7-13(12)21)18(28)25-11-4-6-15(14(22)8-11)29-19(23)24/h3-9,16,19H,1-2H3,(H,25,28)(H,26,27)/t16-/m1/s1. The highest BCUT2D eigenvalue weighted by Crippen LogP contribution is 2.29. The summed E-state index contributed by atoms with van der Waals surface area (Å²) in [6.45, 7) is 0.481. The molecule has 0 aromatic heterocycles. The molecule has 5 nitrogen and oxygen atoms in total. The van der Waals surface area contributed by atoms with Crippen LogP contribution in [0.15, 0.2) is 36.4 Å². The molecule has 2 amide bonds. The number of hydrogen-bond donors (Lipinski definition) is 2. The van der Waals surface area contributed by atoms with Crippen molar-refractivity contribution in [1.82, 2.24) is 5.32 Å². The number of benzene rings is 2. The van der Waals surface area contributed by atoms with Gasteiger partial charge in [0.25, 0.3) is 5.91 Å². The lowest BCUT2D eigenvalue weighted by molar-refractivity contribution is -0.118. The van der Waals surface area contributed by atoms with Gasteiger partial charge in [0.1, 0.15) is 11.8 Å². The van der Waals surface area contributed by atoms with Gasteiger partial charge >= 0.3 is 6.61 Å². The number of carbonyl (C=O) groups excluding carboxylic acids is 2. The van der Waals surface area contributed by atoms with E-state index in [9.17, 15) is 18.4 Å². The van der Waals surface area contributed by atoms with Gasteiger partial charge in [-0.15, -0.1) is 0 Å². The smallest absolute Gasteiger partial charge is 0.387 e. The van der Waals surface area contributed by atoms with Crippen LogP contribution in [0.5, 0.6) is 5.75 Å². The average molecular weight is 466 g/mol. The van der Waals surface area contributed by atoms with E-state index in [1.807, 2.05) is 0 Å². The highest BCUT2D eigenvalue weighted by atomic mass is 35.5. The van der Waals surface area contributed by atoms with Crippen LogP contribution < -0.4 is 15.4 Å². The number of amides is 2. The molecule has 0 aliphatic rings. The molecule has 0 bridgehead atoms. The maximum absolute atomic E-state index is 12.7. The maximum Gasteiger partial charge on any atom is 0.387 e. The van der Waals surface area contributed by atoms with Gasteiger partial charge in [0, 0.05) is 10.7 Å². The van der Waals surface area contributed by atoms with E-state index in [2.05, 4.69) is 15.4 Å². The molecule has 1 atom stereocenters. The van der Waals surface area contributed by atoms with E-state index < -0.39 is 24.5 Å². The lowest BCUT2D eigenvalue weighted by atomic mass is 10.0. The number of carbonyl (C=O) groups is 2. The first kappa shape index (κ1) is 23.2. The summed E-state index contributed by atoms with van der Waals surface area (Å²) in [7, 11) is 0. The van der Waals surface area contributed by atoms with Crippen LogP contribution in [0.1, 0.15) is 24.2 Å². The molecule has 29 heavy (non-hydrogen) atoms. The van der Waals surface area contributed by atoms with Crippen molar-refractivity contribution in [2.24, 2.45) is 5.92 Å². The quantitative estimate of drug-likeness (QED) is 0.556. The molecule has 156 valence electrons. The molecule has 2 rings (SSSR count). The molecule has 0 spiro atoms. The van der Waals surface area contributed by atoms with E-state index in [1.54, 1.807) is 13.8 Å². The summed E-state index contributed by atoms with van der Waals surface area (Å²) in [6.07, 6.45) is 0. The van der Waals surface area contributed by atoms with Gasteiger partial charge in [0.2, 0.25) is 5.91 Å². The molecule has 0 aliphatic heterocycles. The molecular weight excluding hydrogens is 449 g/mol. The van der Waals surface area contributed by atoms with Gasteiger partial charge in [-0.1, -0.05) is 48.7 Å². The van der Waals surface area contributed by atoms with Gasteiger partial charge in [-0.2, -0.15) is 8.78 Å². The third-order valence-corrected chi connectivity index (χ3v) is 4.67. The van der Waals surface area contributed by atoms with Gasteiger partial charge in [-0.3, -0.25) is 9.59 Å². The van der Waals surface area contributed by atoms with Gasteiger partial charge in [-0.25, -0.2) is 0 Å². The van der Waals surface area contributed by atoms with Crippen LogP contribution in [0, 0.1) is 5.92 Å². The minimum absolute atomic E-state index is 0.0961. The number of alkyl halides is 2. The second-order valence-electron chi connectivity index (χ2n) is 6.33. The van der Waals surface area contributed by atoms with Crippen molar-refractivity contribution in [3.63, 3.8) is 0 Å². The van der Waals surface area contributed by atoms with E-state index in [0.717, 1.165) is 0 Å². The lowest BCUT2D eigenvalue weighted by Gasteiger charge is -2.22. The Hall–Kier alpha value is -2.09. The first-order chi connectivity index (χ1) is 13.6. The zero-order valence-corrected chi connectivity index (χ0v) is 17.6. The molecule has 0 fully saturated rings. The maximum atomic E-state index is 12.7. The van der Waals surface area contributed by atoms with Crippen LogP contribution in [0.2, 0.25) is 15.1 Å². The van der Waals surface area contributed by atoms with Gasteiger partial charge in [-0.05, 0) is 42.3 Å². The van der Waals surface area contributed by atoms with E-state index in [0.29, 0.717) is 5.02 Å². The van der Waals surface area contributed by atoms with Crippen molar-refractivity contribution < 1.29 is 23.1 Å². The van der Waals surface area contributed by atoms with Crippen molar-refractivity contribution in [3.8, 4) is 5.75 Å². The molecule has 2 aromatic carbocycles. The molecule has 2 aromatic rings. The fourth-order valence-electron chi connectivity index (χ4n) is 2.42. The largest absolute Gasteiger partial charge is 0.433 e. The molecule has 0 unspecified atom stereocenters. The summed E-state index contributed by atoms with van der Waals surface area (Å²) in [6, 6.07) is 7.33. The van der Waals surface area contributed by atoms with Gasteiger partial charge < -0.3 is 15.4 Å². The molecule has 0 radical (unpaired) electrons. The fourth-order valence-corrected chi connectivity index (χ4v) is 3.14. The second-order valence-corrected chi connectivity index (χ2v) is 7.58. The summed E-state index contributed by atoms with van der Waals surface area (Å²) >= 11 is 17.8. The third kappa shape index (κ3) is 6.45. The summed E-state index contributed by atoms with van der Waals surface area (Å²) in [4.78, 5) is 25.2. The van der Waals surface area contributed by atoms with Crippen LogP contribution in [0.25, 0.3) is 0 Å². The van der Waals surface area contributed by atoms with Crippen LogP contribution in [-0.4, -0.2) is 24.5 Å². The number of rotatable bonds is 7. The monoisotopic (exact) mass is 464 g/mol. The van der Waals surface area contributed by atoms with E-state index in [1.165, 1.54) is 36.4 Å². The van der Waals surface area contributed by atoms with E-state index >= 15 is 0 Å². The molecule has 0 saturated heterocycles. The first-order valence-electron chi connectivity index (χ1n) is 8.39. The number of ether oxygens (including phenoxy) is 1. The molecule has 0 saturated carbocycles. The highest BCUT2D eigenvalue weighted by Gasteiger charge is 2.26. The number of anilines is 1.